The molecule has 0 saturated carbocycles. The molecule has 98 valence electrons. The third-order valence-corrected chi connectivity index (χ3v) is 2.75. The Morgan fingerprint density at radius 3 is 2.63 bits per heavy atom. The zero-order valence-corrected chi connectivity index (χ0v) is 11.0. The van der Waals surface area contributed by atoms with Crippen LogP contribution in [0.4, 0.5) is 20.2 Å². The molecule has 1 aromatic heterocycles. The van der Waals surface area contributed by atoms with E-state index in [-0.39, 0.29) is 17.1 Å². The van der Waals surface area contributed by atoms with Crippen LogP contribution >= 0.6 is 15.9 Å². The summed E-state index contributed by atoms with van der Waals surface area (Å²) in [6.07, 6.45) is 1.43. The van der Waals surface area contributed by atoms with Gasteiger partial charge in [0.05, 0.1) is 5.69 Å². The highest BCUT2D eigenvalue weighted by molar-refractivity contribution is 9.10. The number of carbonyl (C=O) groups is 1. The summed E-state index contributed by atoms with van der Waals surface area (Å²) < 4.78 is 27.1. The van der Waals surface area contributed by atoms with E-state index < -0.39 is 17.5 Å². The number of nitrogens with two attached hydrogens (primary N) is 1. The molecule has 3 N–H and O–H groups in total. The smallest absolute Gasteiger partial charge is 0.274 e. The minimum atomic E-state index is -0.942. The summed E-state index contributed by atoms with van der Waals surface area (Å²) in [4.78, 5) is 15.7. The van der Waals surface area contributed by atoms with Crippen molar-refractivity contribution in [3.8, 4) is 0 Å². The highest BCUT2D eigenvalue weighted by Crippen LogP contribution is 2.24. The van der Waals surface area contributed by atoms with Gasteiger partial charge >= 0.3 is 0 Å². The summed E-state index contributed by atoms with van der Waals surface area (Å²) >= 11 is 3.18. The number of aromatic nitrogens is 1. The lowest BCUT2D eigenvalue weighted by molar-refractivity contribution is 0.102. The standard InChI is InChI=1S/C12H8BrF2N3O/c13-6-1-2-10(17-5-6)12(19)18-11-8(15)3-7(14)4-9(11)16/h1-5H,16H2,(H,18,19). The largest absolute Gasteiger partial charge is 0.397 e. The lowest BCUT2D eigenvalue weighted by atomic mass is 10.2. The Hall–Kier alpha value is -2.02. The molecule has 0 fully saturated rings. The minimum absolute atomic E-state index is 0.0892. The van der Waals surface area contributed by atoms with Crippen molar-refractivity contribution in [2.24, 2.45) is 0 Å². The quantitative estimate of drug-likeness (QED) is 0.833. The molecule has 0 radical (unpaired) electrons. The summed E-state index contributed by atoms with van der Waals surface area (Å²) in [5.41, 5.74) is 5.08. The first kappa shape index (κ1) is 13.4. The monoisotopic (exact) mass is 327 g/mol. The van der Waals surface area contributed by atoms with Crippen molar-refractivity contribution >= 4 is 33.2 Å². The fraction of sp³-hybridized carbons (Fsp3) is 0. The van der Waals surface area contributed by atoms with E-state index in [1.807, 2.05) is 0 Å². The van der Waals surface area contributed by atoms with Gasteiger partial charge in [-0.2, -0.15) is 0 Å². The number of rotatable bonds is 2. The minimum Gasteiger partial charge on any atom is -0.397 e. The second kappa shape index (κ2) is 5.31. The van der Waals surface area contributed by atoms with Gasteiger partial charge in [-0.3, -0.25) is 4.79 Å². The summed E-state index contributed by atoms with van der Waals surface area (Å²) in [6.45, 7) is 0. The number of halogens is 3. The fourth-order valence-electron chi connectivity index (χ4n) is 1.41. The highest BCUT2D eigenvalue weighted by Gasteiger charge is 2.14. The number of nitrogen functional groups attached to an aromatic ring is 1. The van der Waals surface area contributed by atoms with Crippen molar-refractivity contribution in [3.05, 3.63) is 52.3 Å². The van der Waals surface area contributed by atoms with Crippen molar-refractivity contribution < 1.29 is 13.6 Å². The van der Waals surface area contributed by atoms with Gasteiger partial charge in [0.25, 0.3) is 5.91 Å². The second-order valence-corrected chi connectivity index (χ2v) is 4.58. The molecule has 2 aromatic rings. The Balaban J connectivity index is 2.26. The van der Waals surface area contributed by atoms with Crippen LogP contribution in [0.2, 0.25) is 0 Å². The van der Waals surface area contributed by atoms with E-state index in [9.17, 15) is 13.6 Å². The molecule has 0 aliphatic carbocycles. The first-order valence-corrected chi connectivity index (χ1v) is 5.94. The second-order valence-electron chi connectivity index (χ2n) is 3.67. The number of hydrogen-bond donors (Lipinski definition) is 2. The molecule has 0 saturated heterocycles. The van der Waals surface area contributed by atoms with E-state index in [1.165, 1.54) is 12.3 Å². The molecule has 0 spiro atoms. The molecule has 1 aromatic carbocycles. The molecule has 0 aliphatic heterocycles. The van der Waals surface area contributed by atoms with Crippen LogP contribution in [0.3, 0.4) is 0 Å². The van der Waals surface area contributed by atoms with Crippen molar-refractivity contribution in [1.29, 1.82) is 0 Å². The fourth-order valence-corrected chi connectivity index (χ4v) is 1.65. The Kier molecular flexibility index (Phi) is 3.75. The topological polar surface area (TPSA) is 68.0 Å². The number of nitrogens with zero attached hydrogens (tertiary/aromatic N) is 1. The predicted molar refractivity (Wildman–Crippen MR) is 70.7 cm³/mol. The van der Waals surface area contributed by atoms with Crippen LogP contribution < -0.4 is 11.1 Å². The Morgan fingerprint density at radius 2 is 2.05 bits per heavy atom. The molecule has 0 bridgehead atoms. The van der Waals surface area contributed by atoms with Crippen LogP contribution in [0, 0.1) is 11.6 Å². The lowest BCUT2D eigenvalue weighted by Gasteiger charge is -2.09. The van der Waals surface area contributed by atoms with E-state index in [2.05, 4.69) is 26.2 Å². The van der Waals surface area contributed by atoms with Crippen LogP contribution in [0.25, 0.3) is 0 Å². The average Bonchev–Trinajstić information content (AvgIpc) is 2.34. The molecule has 0 atom stereocenters. The molecule has 19 heavy (non-hydrogen) atoms. The van der Waals surface area contributed by atoms with Gasteiger partial charge in [0, 0.05) is 16.7 Å². The number of pyridine rings is 1. The first-order valence-electron chi connectivity index (χ1n) is 5.15. The van der Waals surface area contributed by atoms with Gasteiger partial charge in [-0.05, 0) is 34.1 Å². The van der Waals surface area contributed by atoms with E-state index >= 15 is 0 Å². The van der Waals surface area contributed by atoms with E-state index in [1.54, 1.807) is 6.07 Å². The normalized spacial score (nSPS) is 10.3. The van der Waals surface area contributed by atoms with Gasteiger partial charge < -0.3 is 11.1 Å². The third kappa shape index (κ3) is 3.05. The van der Waals surface area contributed by atoms with Gasteiger partial charge in [0.15, 0.2) is 5.82 Å². The molecule has 1 amide bonds. The van der Waals surface area contributed by atoms with Crippen LogP contribution in [0.1, 0.15) is 10.5 Å². The van der Waals surface area contributed by atoms with Gasteiger partial charge in [-0.15, -0.1) is 0 Å². The Bertz CT molecular complexity index is 608. The highest BCUT2D eigenvalue weighted by atomic mass is 79.9. The maximum Gasteiger partial charge on any atom is 0.274 e. The molecule has 7 heteroatoms. The number of hydrogen-bond acceptors (Lipinski definition) is 3. The van der Waals surface area contributed by atoms with Gasteiger partial charge in [0.2, 0.25) is 0 Å². The summed E-state index contributed by atoms with van der Waals surface area (Å²) in [5, 5.41) is 2.26. The molecule has 0 unspecified atom stereocenters. The summed E-state index contributed by atoms with van der Waals surface area (Å²) in [6, 6.07) is 4.64. The number of carbonyl (C=O) groups excluding carboxylic acids is 1. The number of benzene rings is 1. The zero-order chi connectivity index (χ0) is 14.0. The van der Waals surface area contributed by atoms with Crippen LogP contribution in [0.5, 0.6) is 0 Å². The van der Waals surface area contributed by atoms with E-state index in [0.717, 1.165) is 6.07 Å². The van der Waals surface area contributed by atoms with E-state index in [0.29, 0.717) is 10.5 Å². The number of nitrogens with one attached hydrogen (secondary N) is 1. The Labute approximate surface area is 115 Å². The van der Waals surface area contributed by atoms with Gasteiger partial charge in [0.1, 0.15) is 17.2 Å². The molecule has 1 heterocycles. The van der Waals surface area contributed by atoms with Crippen molar-refractivity contribution in [3.63, 3.8) is 0 Å². The van der Waals surface area contributed by atoms with Crippen LogP contribution in [0.15, 0.2) is 34.9 Å². The van der Waals surface area contributed by atoms with E-state index in [4.69, 9.17) is 5.73 Å². The SMILES string of the molecule is Nc1cc(F)cc(F)c1NC(=O)c1ccc(Br)cn1. The van der Waals surface area contributed by atoms with Crippen molar-refractivity contribution in [2.75, 3.05) is 11.1 Å². The lowest BCUT2D eigenvalue weighted by Crippen LogP contribution is -2.16. The zero-order valence-electron chi connectivity index (χ0n) is 9.45. The van der Waals surface area contributed by atoms with Crippen molar-refractivity contribution in [2.45, 2.75) is 0 Å². The maximum absolute atomic E-state index is 13.5. The molecule has 4 nitrogen and oxygen atoms in total. The molecular weight excluding hydrogens is 320 g/mol. The summed E-state index contributed by atoms with van der Waals surface area (Å²) in [7, 11) is 0. The van der Waals surface area contributed by atoms with Crippen molar-refractivity contribution in [1.82, 2.24) is 4.98 Å². The van der Waals surface area contributed by atoms with Gasteiger partial charge in [-0.25, -0.2) is 13.8 Å². The van der Waals surface area contributed by atoms with Crippen LogP contribution in [-0.2, 0) is 0 Å². The molecule has 2 rings (SSSR count). The number of amides is 1. The predicted octanol–water partition coefficient (Wildman–Crippen LogP) is 2.96. The maximum atomic E-state index is 13.5. The summed E-state index contributed by atoms with van der Waals surface area (Å²) in [5.74, 6) is -2.39. The third-order valence-electron chi connectivity index (χ3n) is 2.28. The molecular formula is C12H8BrF2N3O. The average molecular weight is 328 g/mol. The van der Waals surface area contributed by atoms with Gasteiger partial charge in [-0.1, -0.05) is 0 Å². The first-order chi connectivity index (χ1) is 8.97. The Morgan fingerprint density at radius 1 is 1.32 bits per heavy atom. The number of anilines is 2. The molecule has 0 aliphatic rings. The van der Waals surface area contributed by atoms with Crippen LogP contribution in [-0.4, -0.2) is 10.9 Å².